The topological polar surface area (TPSA) is 67.2 Å². The minimum atomic E-state index is 0.0950. The monoisotopic (exact) mass is 474 g/mol. The number of halogens is 1. The summed E-state index contributed by atoms with van der Waals surface area (Å²) in [5.41, 5.74) is 0.770. The van der Waals surface area contributed by atoms with E-state index < -0.39 is 0 Å². The minimum Gasteiger partial charge on any atom is -0.353 e. The molecule has 4 rings (SSSR count). The molecule has 0 atom stereocenters. The van der Waals surface area contributed by atoms with Gasteiger partial charge in [0.25, 0.3) is 5.91 Å². The molecule has 0 radical (unpaired) electrons. The van der Waals surface area contributed by atoms with Crippen molar-refractivity contribution in [1.82, 2.24) is 24.4 Å². The van der Waals surface area contributed by atoms with E-state index in [0.29, 0.717) is 18.9 Å². The summed E-state index contributed by atoms with van der Waals surface area (Å²) in [6, 6.07) is 9.68. The number of nitrogens with zero attached hydrogens (tertiary/aromatic N) is 6. The molecule has 3 aromatic rings. The van der Waals surface area contributed by atoms with Crippen molar-refractivity contribution in [2.75, 3.05) is 31.1 Å². The molecule has 1 aliphatic rings. The SMILES string of the molecule is Cc1nc(N2CCN(C(=O)c3ccccc3I)CC2)cc(-n2ccnc2)n1. The Hall–Kier alpha value is -2.49. The van der Waals surface area contributed by atoms with Crippen LogP contribution in [0.2, 0.25) is 0 Å². The van der Waals surface area contributed by atoms with Crippen molar-refractivity contribution in [3.8, 4) is 5.82 Å². The van der Waals surface area contributed by atoms with E-state index >= 15 is 0 Å². The number of hydrogen-bond acceptors (Lipinski definition) is 5. The summed E-state index contributed by atoms with van der Waals surface area (Å²) >= 11 is 2.21. The van der Waals surface area contributed by atoms with E-state index in [1.807, 2.05) is 52.9 Å². The van der Waals surface area contributed by atoms with Gasteiger partial charge in [0.1, 0.15) is 23.8 Å². The molecule has 2 aromatic heterocycles. The van der Waals surface area contributed by atoms with E-state index in [0.717, 1.165) is 33.9 Å². The van der Waals surface area contributed by atoms with Crippen LogP contribution in [0.5, 0.6) is 0 Å². The second-order valence-corrected chi connectivity index (χ2v) is 7.52. The van der Waals surface area contributed by atoms with Crippen LogP contribution >= 0.6 is 22.6 Å². The summed E-state index contributed by atoms with van der Waals surface area (Å²) in [5.74, 6) is 2.49. The smallest absolute Gasteiger partial charge is 0.255 e. The second kappa shape index (κ2) is 7.63. The number of aryl methyl sites for hydroxylation is 1. The highest BCUT2D eigenvalue weighted by Gasteiger charge is 2.24. The molecule has 27 heavy (non-hydrogen) atoms. The molecule has 3 heterocycles. The molecule has 138 valence electrons. The summed E-state index contributed by atoms with van der Waals surface area (Å²) in [6.45, 7) is 4.73. The lowest BCUT2D eigenvalue weighted by atomic mass is 10.2. The normalized spacial score (nSPS) is 14.4. The molecule has 1 aliphatic heterocycles. The summed E-state index contributed by atoms with van der Waals surface area (Å²) in [7, 11) is 0. The molecule has 0 N–H and O–H groups in total. The molecule has 0 bridgehead atoms. The zero-order valence-corrected chi connectivity index (χ0v) is 17.1. The molecule has 1 amide bonds. The number of piperazine rings is 1. The van der Waals surface area contributed by atoms with Gasteiger partial charge < -0.3 is 9.80 Å². The fourth-order valence-electron chi connectivity index (χ4n) is 3.17. The van der Waals surface area contributed by atoms with Gasteiger partial charge in [0.15, 0.2) is 0 Å². The first-order chi connectivity index (χ1) is 13.1. The number of hydrogen-bond donors (Lipinski definition) is 0. The molecule has 0 unspecified atom stereocenters. The summed E-state index contributed by atoms with van der Waals surface area (Å²) in [6.07, 6.45) is 5.32. The van der Waals surface area contributed by atoms with E-state index in [1.165, 1.54) is 0 Å². The zero-order chi connectivity index (χ0) is 18.8. The maximum absolute atomic E-state index is 12.8. The lowest BCUT2D eigenvalue weighted by Gasteiger charge is -2.35. The predicted octanol–water partition coefficient (Wildman–Crippen LogP) is 2.54. The van der Waals surface area contributed by atoms with E-state index in [9.17, 15) is 4.79 Å². The van der Waals surface area contributed by atoms with Gasteiger partial charge in [0, 0.05) is 48.2 Å². The highest BCUT2D eigenvalue weighted by atomic mass is 127. The highest BCUT2D eigenvalue weighted by molar-refractivity contribution is 14.1. The third-order valence-corrected chi connectivity index (χ3v) is 5.52. The van der Waals surface area contributed by atoms with Crippen LogP contribution in [0.3, 0.4) is 0 Å². The lowest BCUT2D eigenvalue weighted by Crippen LogP contribution is -2.49. The van der Waals surface area contributed by atoms with Gasteiger partial charge in [-0.25, -0.2) is 15.0 Å². The molecular formula is C19H19IN6O. The maximum Gasteiger partial charge on any atom is 0.255 e. The zero-order valence-electron chi connectivity index (χ0n) is 14.9. The number of carbonyl (C=O) groups is 1. The van der Waals surface area contributed by atoms with Crippen molar-refractivity contribution in [1.29, 1.82) is 0 Å². The van der Waals surface area contributed by atoms with Crippen LogP contribution in [0, 0.1) is 10.5 Å². The van der Waals surface area contributed by atoms with Gasteiger partial charge in [0.2, 0.25) is 0 Å². The summed E-state index contributed by atoms with van der Waals surface area (Å²) in [5, 5.41) is 0. The second-order valence-electron chi connectivity index (χ2n) is 6.36. The molecule has 7 nitrogen and oxygen atoms in total. The number of carbonyl (C=O) groups excluding carboxylic acids is 1. The summed E-state index contributed by atoms with van der Waals surface area (Å²) < 4.78 is 2.86. The molecule has 0 saturated carbocycles. The Kier molecular flexibility index (Phi) is 5.06. The summed E-state index contributed by atoms with van der Waals surface area (Å²) in [4.78, 5) is 30.1. The number of aromatic nitrogens is 4. The van der Waals surface area contributed by atoms with Crippen LogP contribution in [-0.4, -0.2) is 56.5 Å². The van der Waals surface area contributed by atoms with Gasteiger partial charge in [-0.15, -0.1) is 0 Å². The van der Waals surface area contributed by atoms with Gasteiger partial charge in [-0.05, 0) is 41.6 Å². The van der Waals surface area contributed by atoms with Gasteiger partial charge in [-0.1, -0.05) is 12.1 Å². The molecule has 8 heteroatoms. The van der Waals surface area contributed by atoms with Crippen molar-refractivity contribution >= 4 is 34.3 Å². The Bertz CT molecular complexity index is 951. The van der Waals surface area contributed by atoms with Crippen molar-refractivity contribution in [3.63, 3.8) is 0 Å². The van der Waals surface area contributed by atoms with Gasteiger partial charge in [0.05, 0.1) is 5.56 Å². The Balaban J connectivity index is 1.48. The van der Waals surface area contributed by atoms with Gasteiger partial charge in [-0.2, -0.15) is 0 Å². The average molecular weight is 474 g/mol. The first-order valence-electron chi connectivity index (χ1n) is 8.74. The third kappa shape index (κ3) is 3.80. The van der Waals surface area contributed by atoms with Crippen LogP contribution in [0.25, 0.3) is 5.82 Å². The molecule has 1 fully saturated rings. The Morgan fingerprint density at radius 1 is 1.07 bits per heavy atom. The van der Waals surface area contributed by atoms with Crippen LogP contribution in [0.1, 0.15) is 16.2 Å². The molecule has 0 aliphatic carbocycles. The first kappa shape index (κ1) is 17.9. The van der Waals surface area contributed by atoms with E-state index in [4.69, 9.17) is 0 Å². The van der Waals surface area contributed by atoms with Crippen molar-refractivity contribution in [2.24, 2.45) is 0 Å². The molecular weight excluding hydrogens is 455 g/mol. The van der Waals surface area contributed by atoms with Crippen molar-refractivity contribution < 1.29 is 4.79 Å². The molecule has 0 spiro atoms. The van der Waals surface area contributed by atoms with E-state index in [-0.39, 0.29) is 5.91 Å². The maximum atomic E-state index is 12.8. The largest absolute Gasteiger partial charge is 0.353 e. The highest BCUT2D eigenvalue weighted by Crippen LogP contribution is 2.19. The fraction of sp³-hybridized carbons (Fsp3) is 0.263. The standard InChI is InChI=1S/C19H19IN6O/c1-14-22-17(12-18(23-14)26-7-6-21-13-26)24-8-10-25(11-9-24)19(27)15-4-2-3-5-16(15)20/h2-7,12-13H,8-11H2,1H3. The van der Waals surface area contributed by atoms with Crippen molar-refractivity contribution in [3.05, 3.63) is 64.0 Å². The quantitative estimate of drug-likeness (QED) is 0.546. The number of amides is 1. The Morgan fingerprint density at radius 3 is 2.52 bits per heavy atom. The van der Waals surface area contributed by atoms with Crippen LogP contribution in [-0.2, 0) is 0 Å². The van der Waals surface area contributed by atoms with Gasteiger partial charge >= 0.3 is 0 Å². The number of imidazole rings is 1. The van der Waals surface area contributed by atoms with Crippen LogP contribution in [0.15, 0.2) is 49.1 Å². The van der Waals surface area contributed by atoms with Crippen molar-refractivity contribution in [2.45, 2.75) is 6.92 Å². The minimum absolute atomic E-state index is 0.0950. The lowest BCUT2D eigenvalue weighted by molar-refractivity contribution is 0.0745. The first-order valence-corrected chi connectivity index (χ1v) is 9.82. The Morgan fingerprint density at radius 2 is 1.81 bits per heavy atom. The van der Waals surface area contributed by atoms with Gasteiger partial charge in [-0.3, -0.25) is 9.36 Å². The number of anilines is 1. The van der Waals surface area contributed by atoms with Crippen LogP contribution in [0.4, 0.5) is 5.82 Å². The Labute approximate surface area is 171 Å². The van der Waals surface area contributed by atoms with E-state index in [1.54, 1.807) is 12.5 Å². The number of benzene rings is 1. The number of rotatable bonds is 3. The van der Waals surface area contributed by atoms with E-state index in [2.05, 4.69) is 42.4 Å². The van der Waals surface area contributed by atoms with Crippen LogP contribution < -0.4 is 4.90 Å². The third-order valence-electron chi connectivity index (χ3n) is 4.57. The molecule has 1 aromatic carbocycles. The predicted molar refractivity (Wildman–Crippen MR) is 111 cm³/mol. The fourth-order valence-corrected chi connectivity index (χ4v) is 3.79. The molecule has 1 saturated heterocycles. The average Bonchev–Trinajstić information content (AvgIpc) is 3.22.